The number of aromatic nitrogens is 4. The first-order chi connectivity index (χ1) is 9.44. The van der Waals surface area contributed by atoms with Crippen LogP contribution in [-0.4, -0.2) is 39.9 Å². The van der Waals surface area contributed by atoms with Gasteiger partial charge in [-0.25, -0.2) is 4.98 Å². The molecule has 0 aromatic carbocycles. The van der Waals surface area contributed by atoms with Crippen LogP contribution in [0.25, 0.3) is 0 Å². The molecule has 108 valence electrons. The van der Waals surface area contributed by atoms with E-state index < -0.39 is 0 Å². The Kier molecular flexibility index (Phi) is 4.22. The van der Waals surface area contributed by atoms with E-state index in [0.29, 0.717) is 5.95 Å². The monoisotopic (exact) mass is 274 g/mol. The molecule has 0 spiro atoms. The van der Waals surface area contributed by atoms with Crippen LogP contribution < -0.4 is 10.2 Å². The standard InChI is InChI=1S/C14H22N6/c1-10-7-15-20(8-10)9-12(3)17-14-16-11(2)6-13(18-14)19(4)5/h6-8,12H,9H2,1-5H3,(H,16,17,18)/t12-/m1/s1. The normalized spacial score (nSPS) is 12.2. The van der Waals surface area contributed by atoms with Gasteiger partial charge in [-0.15, -0.1) is 0 Å². The molecule has 0 fully saturated rings. The summed E-state index contributed by atoms with van der Waals surface area (Å²) in [5.74, 6) is 1.56. The van der Waals surface area contributed by atoms with E-state index in [9.17, 15) is 0 Å². The molecule has 0 radical (unpaired) electrons. The predicted octanol–water partition coefficient (Wildman–Crippen LogP) is 1.86. The van der Waals surface area contributed by atoms with Crippen molar-refractivity contribution in [2.45, 2.75) is 33.4 Å². The van der Waals surface area contributed by atoms with E-state index in [4.69, 9.17) is 0 Å². The van der Waals surface area contributed by atoms with Crippen molar-refractivity contribution in [3.8, 4) is 0 Å². The van der Waals surface area contributed by atoms with E-state index in [1.807, 2.05) is 56.0 Å². The Morgan fingerprint density at radius 3 is 2.65 bits per heavy atom. The fourth-order valence-corrected chi connectivity index (χ4v) is 1.96. The Bertz CT molecular complexity index is 575. The molecule has 0 bridgehead atoms. The van der Waals surface area contributed by atoms with Crippen molar-refractivity contribution in [2.75, 3.05) is 24.3 Å². The van der Waals surface area contributed by atoms with E-state index in [-0.39, 0.29) is 6.04 Å². The van der Waals surface area contributed by atoms with Crippen LogP contribution >= 0.6 is 0 Å². The third-order valence-electron chi connectivity index (χ3n) is 2.90. The van der Waals surface area contributed by atoms with Gasteiger partial charge in [0.05, 0.1) is 12.7 Å². The lowest BCUT2D eigenvalue weighted by molar-refractivity contribution is 0.558. The van der Waals surface area contributed by atoms with Gasteiger partial charge in [0.2, 0.25) is 5.95 Å². The minimum Gasteiger partial charge on any atom is -0.363 e. The number of rotatable bonds is 5. The predicted molar refractivity (Wildman–Crippen MR) is 81.1 cm³/mol. The molecule has 0 amide bonds. The van der Waals surface area contributed by atoms with E-state index >= 15 is 0 Å². The topological polar surface area (TPSA) is 58.9 Å². The van der Waals surface area contributed by atoms with Gasteiger partial charge in [-0.2, -0.15) is 10.1 Å². The maximum Gasteiger partial charge on any atom is 0.225 e. The summed E-state index contributed by atoms with van der Waals surface area (Å²) in [4.78, 5) is 10.9. The lowest BCUT2D eigenvalue weighted by atomic mass is 10.3. The summed E-state index contributed by atoms with van der Waals surface area (Å²) in [7, 11) is 3.95. The molecule has 6 nitrogen and oxygen atoms in total. The summed E-state index contributed by atoms with van der Waals surface area (Å²) >= 11 is 0. The first-order valence-electron chi connectivity index (χ1n) is 6.72. The van der Waals surface area contributed by atoms with Crippen molar-refractivity contribution < 1.29 is 0 Å². The molecule has 0 unspecified atom stereocenters. The highest BCUT2D eigenvalue weighted by molar-refractivity contribution is 5.43. The van der Waals surface area contributed by atoms with Gasteiger partial charge in [0, 0.05) is 38.1 Å². The Morgan fingerprint density at radius 2 is 2.05 bits per heavy atom. The smallest absolute Gasteiger partial charge is 0.225 e. The highest BCUT2D eigenvalue weighted by atomic mass is 15.3. The zero-order chi connectivity index (χ0) is 14.7. The third-order valence-corrected chi connectivity index (χ3v) is 2.90. The first-order valence-corrected chi connectivity index (χ1v) is 6.72. The van der Waals surface area contributed by atoms with Crippen molar-refractivity contribution in [1.82, 2.24) is 19.7 Å². The molecule has 2 heterocycles. The molecule has 0 saturated carbocycles. The molecule has 0 aliphatic carbocycles. The molecule has 20 heavy (non-hydrogen) atoms. The van der Waals surface area contributed by atoms with Crippen LogP contribution in [0.1, 0.15) is 18.2 Å². The summed E-state index contributed by atoms with van der Waals surface area (Å²) < 4.78 is 1.93. The second-order valence-electron chi connectivity index (χ2n) is 5.37. The fraction of sp³-hybridized carbons (Fsp3) is 0.500. The summed E-state index contributed by atoms with van der Waals surface area (Å²) in [6.07, 6.45) is 3.89. The average molecular weight is 274 g/mol. The van der Waals surface area contributed by atoms with Crippen molar-refractivity contribution >= 4 is 11.8 Å². The fourth-order valence-electron chi connectivity index (χ4n) is 1.96. The second kappa shape index (κ2) is 5.90. The lowest BCUT2D eigenvalue weighted by Gasteiger charge is -2.17. The number of aryl methyl sites for hydroxylation is 2. The zero-order valence-electron chi connectivity index (χ0n) is 12.8. The van der Waals surface area contributed by atoms with Crippen molar-refractivity contribution in [3.05, 3.63) is 29.7 Å². The largest absolute Gasteiger partial charge is 0.363 e. The Labute approximate surface area is 119 Å². The summed E-state index contributed by atoms with van der Waals surface area (Å²) in [6, 6.07) is 2.17. The van der Waals surface area contributed by atoms with Crippen molar-refractivity contribution in [3.63, 3.8) is 0 Å². The van der Waals surface area contributed by atoms with E-state index in [1.54, 1.807) is 0 Å². The van der Waals surface area contributed by atoms with Crippen LogP contribution in [0.15, 0.2) is 18.5 Å². The van der Waals surface area contributed by atoms with Crippen LogP contribution in [0.2, 0.25) is 0 Å². The number of nitrogens with zero attached hydrogens (tertiary/aromatic N) is 5. The second-order valence-corrected chi connectivity index (χ2v) is 5.37. The molecule has 1 N–H and O–H groups in total. The summed E-state index contributed by atoms with van der Waals surface area (Å²) in [6.45, 7) is 6.89. The van der Waals surface area contributed by atoms with Gasteiger partial charge in [-0.05, 0) is 26.3 Å². The van der Waals surface area contributed by atoms with Crippen molar-refractivity contribution in [2.24, 2.45) is 0 Å². The summed E-state index contributed by atoms with van der Waals surface area (Å²) in [5.41, 5.74) is 2.12. The zero-order valence-corrected chi connectivity index (χ0v) is 12.8. The van der Waals surface area contributed by atoms with Gasteiger partial charge in [-0.1, -0.05) is 0 Å². The van der Waals surface area contributed by atoms with E-state index in [0.717, 1.165) is 18.1 Å². The molecule has 2 aromatic rings. The molecule has 6 heteroatoms. The van der Waals surface area contributed by atoms with Crippen molar-refractivity contribution in [1.29, 1.82) is 0 Å². The number of hydrogen-bond donors (Lipinski definition) is 1. The van der Waals surface area contributed by atoms with Gasteiger partial charge >= 0.3 is 0 Å². The lowest BCUT2D eigenvalue weighted by Crippen LogP contribution is -2.24. The highest BCUT2D eigenvalue weighted by Crippen LogP contribution is 2.13. The van der Waals surface area contributed by atoms with Crippen LogP contribution in [0.4, 0.5) is 11.8 Å². The van der Waals surface area contributed by atoms with Gasteiger partial charge in [-0.3, -0.25) is 4.68 Å². The number of nitrogens with one attached hydrogen (secondary N) is 1. The van der Waals surface area contributed by atoms with Gasteiger partial charge < -0.3 is 10.2 Å². The van der Waals surface area contributed by atoms with E-state index in [2.05, 4.69) is 27.3 Å². The number of hydrogen-bond acceptors (Lipinski definition) is 5. The van der Waals surface area contributed by atoms with Crippen LogP contribution in [-0.2, 0) is 6.54 Å². The minimum absolute atomic E-state index is 0.200. The highest BCUT2D eigenvalue weighted by Gasteiger charge is 2.08. The average Bonchev–Trinajstić information content (AvgIpc) is 2.73. The van der Waals surface area contributed by atoms with Crippen LogP contribution in [0, 0.1) is 13.8 Å². The molecular formula is C14H22N6. The maximum absolute atomic E-state index is 4.49. The van der Waals surface area contributed by atoms with Gasteiger partial charge in [0.1, 0.15) is 5.82 Å². The minimum atomic E-state index is 0.200. The first kappa shape index (κ1) is 14.3. The van der Waals surface area contributed by atoms with Crippen LogP contribution in [0.3, 0.4) is 0 Å². The molecule has 1 atom stereocenters. The molecular weight excluding hydrogens is 252 g/mol. The summed E-state index contributed by atoms with van der Waals surface area (Å²) in [5, 5.41) is 7.61. The SMILES string of the molecule is Cc1cnn(C[C@@H](C)Nc2nc(C)cc(N(C)C)n2)c1. The van der Waals surface area contributed by atoms with E-state index in [1.165, 1.54) is 5.56 Å². The third kappa shape index (κ3) is 3.69. The van der Waals surface area contributed by atoms with Crippen LogP contribution in [0.5, 0.6) is 0 Å². The Hall–Kier alpha value is -2.11. The Morgan fingerprint density at radius 1 is 1.30 bits per heavy atom. The molecule has 2 aromatic heterocycles. The number of anilines is 2. The Balaban J connectivity index is 2.05. The maximum atomic E-state index is 4.49. The molecule has 0 aliphatic rings. The quantitative estimate of drug-likeness (QED) is 0.901. The molecule has 2 rings (SSSR count). The van der Waals surface area contributed by atoms with Gasteiger partial charge in [0.25, 0.3) is 0 Å². The molecule has 0 saturated heterocycles. The molecule has 0 aliphatic heterocycles. The van der Waals surface area contributed by atoms with Gasteiger partial charge in [0.15, 0.2) is 0 Å².